The molecule has 112 valence electrons. The fourth-order valence-electron chi connectivity index (χ4n) is 1.79. The van der Waals surface area contributed by atoms with Crippen molar-refractivity contribution in [2.45, 2.75) is 26.3 Å². The maximum absolute atomic E-state index is 5.06. The number of hydrogen-bond donors (Lipinski definition) is 2. The highest BCUT2D eigenvalue weighted by Crippen LogP contribution is 1.99. The summed E-state index contributed by atoms with van der Waals surface area (Å²) in [5.74, 6) is 2.10. The molecule has 0 saturated carbocycles. The van der Waals surface area contributed by atoms with E-state index in [2.05, 4.69) is 30.8 Å². The lowest BCUT2D eigenvalue weighted by Gasteiger charge is -2.10. The fraction of sp³-hybridized carbons (Fsp3) is 0.429. The molecule has 0 unspecified atom stereocenters. The van der Waals surface area contributed by atoms with Crippen LogP contribution in [0.15, 0.2) is 33.9 Å². The van der Waals surface area contributed by atoms with Gasteiger partial charge in [-0.2, -0.15) is 4.98 Å². The molecule has 2 aromatic rings. The zero-order valence-electron chi connectivity index (χ0n) is 12.3. The highest BCUT2D eigenvalue weighted by Gasteiger charge is 2.03. The molecule has 7 heteroatoms. The second kappa shape index (κ2) is 7.98. The van der Waals surface area contributed by atoms with Gasteiger partial charge < -0.3 is 15.2 Å². The number of guanidine groups is 1. The van der Waals surface area contributed by atoms with Gasteiger partial charge in [-0.3, -0.25) is 9.98 Å². The number of pyridine rings is 1. The minimum absolute atomic E-state index is 0.642. The van der Waals surface area contributed by atoms with Crippen molar-refractivity contribution in [1.29, 1.82) is 0 Å². The van der Waals surface area contributed by atoms with E-state index in [-0.39, 0.29) is 0 Å². The number of nitrogens with zero attached hydrogens (tertiary/aromatic N) is 4. The van der Waals surface area contributed by atoms with Crippen LogP contribution in [0.4, 0.5) is 0 Å². The van der Waals surface area contributed by atoms with Crippen LogP contribution >= 0.6 is 0 Å². The highest BCUT2D eigenvalue weighted by molar-refractivity contribution is 5.79. The Labute approximate surface area is 123 Å². The normalized spacial score (nSPS) is 11.4. The average molecular weight is 288 g/mol. The van der Waals surface area contributed by atoms with E-state index in [1.54, 1.807) is 13.2 Å². The van der Waals surface area contributed by atoms with Crippen molar-refractivity contribution in [3.63, 3.8) is 0 Å². The van der Waals surface area contributed by atoms with E-state index in [0.29, 0.717) is 18.3 Å². The van der Waals surface area contributed by atoms with Crippen molar-refractivity contribution in [2.75, 3.05) is 13.6 Å². The molecule has 0 aliphatic rings. The van der Waals surface area contributed by atoms with Crippen LogP contribution < -0.4 is 10.6 Å². The van der Waals surface area contributed by atoms with E-state index in [1.807, 2.05) is 25.1 Å². The third-order valence-electron chi connectivity index (χ3n) is 2.82. The Morgan fingerprint density at radius 3 is 2.90 bits per heavy atom. The van der Waals surface area contributed by atoms with Gasteiger partial charge in [0.1, 0.15) is 0 Å². The van der Waals surface area contributed by atoms with Gasteiger partial charge in [0.05, 0.1) is 12.2 Å². The summed E-state index contributed by atoms with van der Waals surface area (Å²) in [5.41, 5.74) is 0.974. The second-order valence-electron chi connectivity index (χ2n) is 4.51. The summed E-state index contributed by atoms with van der Waals surface area (Å²) in [6.07, 6.45) is 3.43. The Hall–Kier alpha value is -2.44. The van der Waals surface area contributed by atoms with Gasteiger partial charge in [0.2, 0.25) is 5.89 Å². The van der Waals surface area contributed by atoms with E-state index < -0.39 is 0 Å². The summed E-state index contributed by atoms with van der Waals surface area (Å²) >= 11 is 0. The lowest BCUT2D eigenvalue weighted by molar-refractivity contribution is 0.372. The summed E-state index contributed by atoms with van der Waals surface area (Å²) in [7, 11) is 1.75. The Balaban J connectivity index is 1.66. The Kier molecular flexibility index (Phi) is 5.69. The van der Waals surface area contributed by atoms with Crippen molar-refractivity contribution in [2.24, 2.45) is 4.99 Å². The topological polar surface area (TPSA) is 88.2 Å². The summed E-state index contributed by atoms with van der Waals surface area (Å²) < 4.78 is 5.06. The molecule has 2 rings (SSSR count). The van der Waals surface area contributed by atoms with Gasteiger partial charge >= 0.3 is 0 Å². The first kappa shape index (κ1) is 15.0. The predicted molar refractivity (Wildman–Crippen MR) is 79.8 cm³/mol. The van der Waals surface area contributed by atoms with E-state index in [4.69, 9.17) is 4.52 Å². The molecule has 21 heavy (non-hydrogen) atoms. The van der Waals surface area contributed by atoms with Gasteiger partial charge in [0, 0.05) is 26.2 Å². The number of hydrogen-bond acceptors (Lipinski definition) is 5. The lowest BCUT2D eigenvalue weighted by Crippen LogP contribution is -2.37. The highest BCUT2D eigenvalue weighted by atomic mass is 16.5. The maximum Gasteiger partial charge on any atom is 0.226 e. The maximum atomic E-state index is 5.06. The number of aliphatic imine (C=N–C) groups is 1. The zero-order chi connectivity index (χ0) is 14.9. The summed E-state index contributed by atoms with van der Waals surface area (Å²) in [5, 5.41) is 10.2. The quantitative estimate of drug-likeness (QED) is 0.469. The third kappa shape index (κ3) is 5.21. The molecule has 0 radical (unpaired) electrons. The first-order valence-electron chi connectivity index (χ1n) is 6.91. The Morgan fingerprint density at radius 1 is 1.33 bits per heavy atom. The van der Waals surface area contributed by atoms with Crippen LogP contribution in [0.5, 0.6) is 0 Å². The first-order valence-corrected chi connectivity index (χ1v) is 6.91. The summed E-state index contributed by atoms with van der Waals surface area (Å²) in [6.45, 7) is 3.24. The molecular formula is C14H20N6O. The van der Waals surface area contributed by atoms with Crippen molar-refractivity contribution in [3.8, 4) is 0 Å². The molecule has 0 aliphatic heterocycles. The summed E-state index contributed by atoms with van der Waals surface area (Å²) in [6, 6.07) is 5.83. The van der Waals surface area contributed by atoms with E-state index in [1.165, 1.54) is 0 Å². The SMILES string of the molecule is CN=C(NCCCc1nc(C)no1)NCc1ccccn1. The van der Waals surface area contributed by atoms with Crippen LogP contribution in [0.25, 0.3) is 0 Å². The minimum atomic E-state index is 0.642. The average Bonchev–Trinajstić information content (AvgIpc) is 2.93. The van der Waals surface area contributed by atoms with Gasteiger partial charge in [-0.05, 0) is 25.5 Å². The van der Waals surface area contributed by atoms with Crippen molar-refractivity contribution >= 4 is 5.96 Å². The zero-order valence-corrected chi connectivity index (χ0v) is 12.3. The predicted octanol–water partition coefficient (Wildman–Crippen LogP) is 1.07. The largest absolute Gasteiger partial charge is 0.356 e. The molecule has 0 atom stereocenters. The van der Waals surface area contributed by atoms with E-state index in [9.17, 15) is 0 Å². The molecule has 0 fully saturated rings. The van der Waals surface area contributed by atoms with Crippen LogP contribution in [0.2, 0.25) is 0 Å². The molecule has 0 bridgehead atoms. The molecule has 7 nitrogen and oxygen atoms in total. The number of aryl methyl sites for hydroxylation is 2. The van der Waals surface area contributed by atoms with Crippen LogP contribution in [0, 0.1) is 6.92 Å². The van der Waals surface area contributed by atoms with E-state index >= 15 is 0 Å². The molecule has 0 amide bonds. The van der Waals surface area contributed by atoms with Gasteiger partial charge in [0.25, 0.3) is 0 Å². The molecule has 0 saturated heterocycles. The number of aromatic nitrogens is 3. The van der Waals surface area contributed by atoms with Crippen molar-refractivity contribution in [3.05, 3.63) is 41.8 Å². The first-order chi connectivity index (χ1) is 10.3. The molecule has 2 aromatic heterocycles. The standard InChI is InChI=1S/C14H20N6O/c1-11-19-13(21-20-11)7-5-9-17-14(15-2)18-10-12-6-3-4-8-16-12/h3-4,6,8H,5,7,9-10H2,1-2H3,(H2,15,17,18). The monoisotopic (exact) mass is 288 g/mol. The van der Waals surface area contributed by atoms with Crippen LogP contribution in [-0.2, 0) is 13.0 Å². The van der Waals surface area contributed by atoms with Gasteiger partial charge in [-0.25, -0.2) is 0 Å². The third-order valence-corrected chi connectivity index (χ3v) is 2.82. The Morgan fingerprint density at radius 2 is 2.24 bits per heavy atom. The number of rotatable bonds is 6. The van der Waals surface area contributed by atoms with Crippen molar-refractivity contribution in [1.82, 2.24) is 25.8 Å². The Bertz CT molecular complexity index is 566. The smallest absolute Gasteiger partial charge is 0.226 e. The number of nitrogens with one attached hydrogen (secondary N) is 2. The van der Waals surface area contributed by atoms with E-state index in [0.717, 1.165) is 31.0 Å². The van der Waals surface area contributed by atoms with Crippen LogP contribution in [0.3, 0.4) is 0 Å². The minimum Gasteiger partial charge on any atom is -0.356 e. The lowest BCUT2D eigenvalue weighted by atomic mass is 10.3. The molecule has 0 aliphatic carbocycles. The molecule has 0 aromatic carbocycles. The van der Waals surface area contributed by atoms with Crippen molar-refractivity contribution < 1.29 is 4.52 Å². The molecule has 0 spiro atoms. The van der Waals surface area contributed by atoms with Gasteiger partial charge in [-0.1, -0.05) is 11.2 Å². The second-order valence-corrected chi connectivity index (χ2v) is 4.51. The van der Waals surface area contributed by atoms with Gasteiger partial charge in [-0.15, -0.1) is 0 Å². The molecule has 2 heterocycles. The van der Waals surface area contributed by atoms with Crippen LogP contribution in [0.1, 0.15) is 23.8 Å². The van der Waals surface area contributed by atoms with Gasteiger partial charge in [0.15, 0.2) is 11.8 Å². The molecular weight excluding hydrogens is 268 g/mol. The fourth-order valence-corrected chi connectivity index (χ4v) is 1.79. The summed E-state index contributed by atoms with van der Waals surface area (Å²) in [4.78, 5) is 12.6. The van der Waals surface area contributed by atoms with Crippen LogP contribution in [-0.4, -0.2) is 34.7 Å². The molecule has 2 N–H and O–H groups in total.